The van der Waals surface area contributed by atoms with Crippen LogP contribution in [0, 0.1) is 0 Å². The summed E-state index contributed by atoms with van der Waals surface area (Å²) in [5, 5.41) is 0. The molecule has 0 atom stereocenters. The van der Waals surface area contributed by atoms with E-state index in [4.69, 9.17) is 9.79 Å². The quantitative estimate of drug-likeness (QED) is 0.231. The lowest BCUT2D eigenvalue weighted by molar-refractivity contribution is 0.258. The first-order valence-electron chi connectivity index (χ1n) is 8.45. The third-order valence-electron chi connectivity index (χ3n) is 3.52. The van der Waals surface area contributed by atoms with Crippen LogP contribution in [0.15, 0.2) is 12.3 Å². The van der Waals surface area contributed by atoms with Crippen molar-refractivity contribution in [2.75, 3.05) is 0 Å². The molecule has 21 heavy (non-hydrogen) atoms. The van der Waals surface area contributed by atoms with Crippen molar-refractivity contribution in [2.45, 2.75) is 90.4 Å². The molecule has 0 radical (unpaired) electrons. The molecule has 126 valence electrons. The molecule has 0 aromatic heterocycles. The fourth-order valence-corrected chi connectivity index (χ4v) is 2.54. The van der Waals surface area contributed by atoms with Gasteiger partial charge in [-0.3, -0.25) is 9.79 Å². The number of unbranched alkanes of at least 4 members (excludes halogenated alkanes) is 12. The van der Waals surface area contributed by atoms with E-state index in [2.05, 4.69) is 11.4 Å². The minimum atomic E-state index is -4.34. The third-order valence-corrected chi connectivity index (χ3v) is 3.92. The molecule has 0 aromatic rings. The Hall–Kier alpha value is -0.310. The van der Waals surface area contributed by atoms with Crippen LogP contribution in [0.2, 0.25) is 0 Å². The van der Waals surface area contributed by atoms with Crippen molar-refractivity contribution in [1.29, 1.82) is 0 Å². The van der Waals surface area contributed by atoms with Gasteiger partial charge in [-0.15, -0.1) is 0 Å². The molecule has 2 N–H and O–H groups in total. The lowest BCUT2D eigenvalue weighted by atomic mass is 10.0. The molecule has 0 aliphatic heterocycles. The molecule has 0 aliphatic carbocycles. The van der Waals surface area contributed by atoms with Gasteiger partial charge in [0.25, 0.3) is 0 Å². The lowest BCUT2D eigenvalue weighted by Gasteiger charge is -2.02. The van der Waals surface area contributed by atoms with Crippen LogP contribution in [0.1, 0.15) is 90.4 Å². The van der Waals surface area contributed by atoms with Gasteiger partial charge >= 0.3 is 7.82 Å². The molecule has 0 spiro atoms. The summed E-state index contributed by atoms with van der Waals surface area (Å²) in [6, 6.07) is 0. The van der Waals surface area contributed by atoms with E-state index in [9.17, 15) is 4.57 Å². The maximum absolute atomic E-state index is 10.4. The van der Waals surface area contributed by atoms with E-state index in [0.29, 0.717) is 0 Å². The normalized spacial score (nSPS) is 12.1. The molecule has 0 aromatic carbocycles. The van der Waals surface area contributed by atoms with Gasteiger partial charge in [0.05, 0.1) is 6.26 Å². The molecule has 4 nitrogen and oxygen atoms in total. The summed E-state index contributed by atoms with van der Waals surface area (Å²) in [6.45, 7) is 2.25. The highest BCUT2D eigenvalue weighted by molar-refractivity contribution is 7.46. The Labute approximate surface area is 130 Å². The van der Waals surface area contributed by atoms with E-state index in [-0.39, 0.29) is 0 Å². The van der Waals surface area contributed by atoms with E-state index in [0.717, 1.165) is 19.1 Å². The zero-order valence-corrected chi connectivity index (χ0v) is 14.4. The summed E-state index contributed by atoms with van der Waals surface area (Å²) in [6.07, 6.45) is 19.4. The second-order valence-electron chi connectivity index (χ2n) is 5.65. The van der Waals surface area contributed by atoms with Crippen molar-refractivity contribution < 1.29 is 18.9 Å². The average Bonchev–Trinajstić information content (AvgIpc) is 2.42. The molecule has 0 saturated carbocycles. The summed E-state index contributed by atoms with van der Waals surface area (Å²) in [5.41, 5.74) is 0. The zero-order valence-electron chi connectivity index (χ0n) is 13.5. The summed E-state index contributed by atoms with van der Waals surface area (Å²) < 4.78 is 14.6. The molecule has 0 heterocycles. The molecule has 0 rings (SSSR count). The van der Waals surface area contributed by atoms with Crippen LogP contribution >= 0.6 is 7.82 Å². The number of hydrogen-bond acceptors (Lipinski definition) is 2. The van der Waals surface area contributed by atoms with Gasteiger partial charge in [-0.1, -0.05) is 77.6 Å². The largest absolute Gasteiger partial charge is 0.524 e. The number of allylic oxidation sites excluding steroid dienone is 1. The second-order valence-corrected chi connectivity index (χ2v) is 6.84. The maximum atomic E-state index is 10.4. The summed E-state index contributed by atoms with van der Waals surface area (Å²) in [5.74, 6) is 0. The van der Waals surface area contributed by atoms with Gasteiger partial charge in [-0.2, -0.15) is 0 Å². The van der Waals surface area contributed by atoms with Crippen molar-refractivity contribution in [1.82, 2.24) is 0 Å². The van der Waals surface area contributed by atoms with E-state index in [1.165, 1.54) is 70.6 Å². The topological polar surface area (TPSA) is 66.8 Å². The average molecular weight is 320 g/mol. The van der Waals surface area contributed by atoms with Crippen molar-refractivity contribution in [2.24, 2.45) is 0 Å². The Kier molecular flexibility index (Phi) is 14.4. The standard InChI is InChI=1S/C16H33O4P/c1-2-3-4-5-6-7-8-9-10-11-12-13-14-15-16-20-21(17,18)19/h15-16H,2-14H2,1H3,(H2,17,18,19). The van der Waals surface area contributed by atoms with Crippen LogP contribution in [0.5, 0.6) is 0 Å². The molecule has 0 bridgehead atoms. The Morgan fingerprint density at radius 2 is 1.24 bits per heavy atom. The number of rotatable bonds is 15. The summed E-state index contributed by atoms with van der Waals surface area (Å²) in [7, 11) is -4.34. The predicted molar refractivity (Wildman–Crippen MR) is 88.0 cm³/mol. The van der Waals surface area contributed by atoms with E-state index in [1.807, 2.05) is 0 Å². The number of phosphoric ester groups is 1. The Bertz CT molecular complexity index is 286. The summed E-state index contributed by atoms with van der Waals surface area (Å²) in [4.78, 5) is 16.9. The van der Waals surface area contributed by atoms with Crippen LogP contribution in [0.4, 0.5) is 0 Å². The minimum Gasteiger partial charge on any atom is -0.413 e. The molecule has 5 heteroatoms. The molecular weight excluding hydrogens is 287 g/mol. The van der Waals surface area contributed by atoms with Gasteiger partial charge in [0.2, 0.25) is 0 Å². The van der Waals surface area contributed by atoms with Crippen LogP contribution in [0.25, 0.3) is 0 Å². The van der Waals surface area contributed by atoms with Gasteiger partial charge in [-0.05, 0) is 18.9 Å². The van der Waals surface area contributed by atoms with Crippen molar-refractivity contribution in [3.63, 3.8) is 0 Å². The van der Waals surface area contributed by atoms with Crippen LogP contribution in [-0.2, 0) is 9.09 Å². The second kappa shape index (κ2) is 14.6. The smallest absolute Gasteiger partial charge is 0.413 e. The van der Waals surface area contributed by atoms with Gasteiger partial charge in [0.15, 0.2) is 0 Å². The minimum absolute atomic E-state index is 0.817. The first-order valence-corrected chi connectivity index (χ1v) is 9.98. The Morgan fingerprint density at radius 1 is 0.810 bits per heavy atom. The highest BCUT2D eigenvalue weighted by atomic mass is 31.2. The predicted octanol–water partition coefficient (Wildman–Crippen LogP) is 5.70. The van der Waals surface area contributed by atoms with Crippen molar-refractivity contribution in [3.8, 4) is 0 Å². The Balaban J connectivity index is 3.11. The SMILES string of the molecule is CCCCCCCCCCCCCCC=COP(=O)(O)O. The highest BCUT2D eigenvalue weighted by Gasteiger charge is 2.10. The Morgan fingerprint density at radius 3 is 1.67 bits per heavy atom. The van der Waals surface area contributed by atoms with Gasteiger partial charge in [0.1, 0.15) is 0 Å². The van der Waals surface area contributed by atoms with E-state index in [1.54, 1.807) is 6.08 Å². The van der Waals surface area contributed by atoms with Crippen molar-refractivity contribution in [3.05, 3.63) is 12.3 Å². The van der Waals surface area contributed by atoms with Crippen LogP contribution in [0.3, 0.4) is 0 Å². The van der Waals surface area contributed by atoms with E-state index >= 15 is 0 Å². The molecule has 0 saturated heterocycles. The van der Waals surface area contributed by atoms with Crippen molar-refractivity contribution >= 4 is 7.82 Å². The van der Waals surface area contributed by atoms with Gasteiger partial charge in [0, 0.05) is 0 Å². The molecule has 0 amide bonds. The van der Waals surface area contributed by atoms with Gasteiger partial charge in [-0.25, -0.2) is 4.57 Å². The first kappa shape index (κ1) is 20.7. The highest BCUT2D eigenvalue weighted by Crippen LogP contribution is 2.35. The summed E-state index contributed by atoms with van der Waals surface area (Å²) >= 11 is 0. The number of phosphoric acid groups is 1. The van der Waals surface area contributed by atoms with Crippen LogP contribution in [-0.4, -0.2) is 9.79 Å². The fraction of sp³-hybridized carbons (Fsp3) is 0.875. The lowest BCUT2D eigenvalue weighted by Crippen LogP contribution is -1.82. The maximum Gasteiger partial charge on any atom is 0.524 e. The van der Waals surface area contributed by atoms with Crippen LogP contribution < -0.4 is 0 Å². The molecule has 0 aliphatic rings. The molecule has 0 fully saturated rings. The molecule has 0 unspecified atom stereocenters. The first-order chi connectivity index (χ1) is 10.1. The zero-order chi connectivity index (χ0) is 15.8. The fourth-order valence-electron chi connectivity index (χ4n) is 2.29. The monoisotopic (exact) mass is 320 g/mol. The van der Waals surface area contributed by atoms with Gasteiger partial charge < -0.3 is 4.52 Å². The third kappa shape index (κ3) is 19.7. The van der Waals surface area contributed by atoms with E-state index < -0.39 is 7.82 Å². The molecular formula is C16H33O4P. The number of hydrogen-bond donors (Lipinski definition) is 2.